The van der Waals surface area contributed by atoms with Crippen LogP contribution in [-0.2, 0) is 31.2 Å². The van der Waals surface area contributed by atoms with Crippen LogP contribution in [0.1, 0.15) is 78.9 Å². The summed E-state index contributed by atoms with van der Waals surface area (Å²) in [6, 6.07) is 11.6. The average Bonchev–Trinajstić information content (AvgIpc) is 3.20. The molecule has 5 aliphatic rings. The second kappa shape index (κ2) is 14.3. The first-order valence-electron chi connectivity index (χ1n) is 18.3. The van der Waals surface area contributed by atoms with Crippen LogP contribution >= 0.6 is 0 Å². The van der Waals surface area contributed by atoms with Gasteiger partial charge >= 0.3 is 6.03 Å². The van der Waals surface area contributed by atoms with Gasteiger partial charge in [-0.25, -0.2) is 9.00 Å². The fourth-order valence-corrected chi connectivity index (χ4v) is 10.6. The van der Waals surface area contributed by atoms with Crippen molar-refractivity contribution >= 4 is 27.5 Å². The van der Waals surface area contributed by atoms with Crippen molar-refractivity contribution < 1.29 is 28.0 Å². The number of hydrogen-bond donors (Lipinski definition) is 2. The number of anilines is 1. The quantitative estimate of drug-likeness (QED) is 0.369. The van der Waals surface area contributed by atoms with Crippen LogP contribution in [0.5, 0.6) is 5.75 Å². The molecule has 3 amide bonds. The molecule has 0 aromatic heterocycles. The lowest BCUT2D eigenvalue weighted by Crippen LogP contribution is -2.52. The van der Waals surface area contributed by atoms with Gasteiger partial charge in [0, 0.05) is 44.3 Å². The molecule has 2 aromatic rings. The number of hydrogen-bond acceptors (Lipinski definition) is 7. The summed E-state index contributed by atoms with van der Waals surface area (Å²) in [5.74, 6) is 0.818. The van der Waals surface area contributed by atoms with E-state index in [-0.39, 0.29) is 35.3 Å². The molecule has 2 aliphatic heterocycles. The van der Waals surface area contributed by atoms with Crippen molar-refractivity contribution in [2.45, 2.75) is 88.9 Å². The zero-order valence-corrected chi connectivity index (χ0v) is 30.6. The van der Waals surface area contributed by atoms with Crippen LogP contribution in [-0.4, -0.2) is 74.1 Å². The number of benzene rings is 2. The molecule has 0 unspecified atom stereocenters. The molecule has 2 bridgehead atoms. The summed E-state index contributed by atoms with van der Waals surface area (Å²) in [4.78, 5) is 29.4. The number of aryl methyl sites for hydroxylation is 2. The Hall–Kier alpha value is -3.41. The first-order valence-corrected chi connectivity index (χ1v) is 20.0. The third-order valence-corrected chi connectivity index (χ3v) is 13.7. The third kappa shape index (κ3) is 7.19. The molecule has 2 fully saturated rings. The fourth-order valence-electron chi connectivity index (χ4n) is 8.76. The highest BCUT2D eigenvalue weighted by Crippen LogP contribution is 2.47. The van der Waals surface area contributed by atoms with E-state index in [1.165, 1.54) is 16.7 Å². The van der Waals surface area contributed by atoms with Gasteiger partial charge in [-0.15, -0.1) is 4.36 Å². The number of ether oxygens (including phenoxy) is 3. The molecule has 11 heteroatoms. The van der Waals surface area contributed by atoms with Gasteiger partial charge in [0.2, 0.25) is 0 Å². The maximum Gasteiger partial charge on any atom is 0.327 e. The average molecular weight is 705 g/mol. The van der Waals surface area contributed by atoms with Crippen molar-refractivity contribution in [1.29, 1.82) is 0 Å². The Bertz CT molecular complexity index is 1760. The van der Waals surface area contributed by atoms with Gasteiger partial charge < -0.3 is 24.4 Å². The van der Waals surface area contributed by atoms with E-state index in [2.05, 4.69) is 56.6 Å². The number of carbonyl (C=O) groups is 2. The van der Waals surface area contributed by atoms with Crippen molar-refractivity contribution in [1.82, 2.24) is 10.0 Å². The van der Waals surface area contributed by atoms with Crippen LogP contribution in [0.25, 0.3) is 0 Å². The highest BCUT2D eigenvalue weighted by molar-refractivity contribution is 7.92. The molecule has 1 spiro atoms. The molecule has 2 aromatic carbocycles. The van der Waals surface area contributed by atoms with Crippen molar-refractivity contribution in [2.24, 2.45) is 22.1 Å². The van der Waals surface area contributed by atoms with Gasteiger partial charge in [0.05, 0.1) is 30.3 Å². The Morgan fingerprint density at radius 3 is 2.72 bits per heavy atom. The lowest BCUT2D eigenvalue weighted by Gasteiger charge is -2.46. The molecule has 0 saturated heterocycles. The Labute approximate surface area is 297 Å². The number of nitrogens with zero attached hydrogens (tertiary/aromatic N) is 2. The molecule has 0 radical (unpaired) electrons. The van der Waals surface area contributed by atoms with Gasteiger partial charge in [-0.2, -0.15) is 0 Å². The van der Waals surface area contributed by atoms with Gasteiger partial charge in [0.1, 0.15) is 15.7 Å². The minimum Gasteiger partial charge on any atom is -0.490 e. The zero-order valence-electron chi connectivity index (χ0n) is 29.8. The number of urea groups is 1. The topological polar surface area (TPSA) is 119 Å². The smallest absolute Gasteiger partial charge is 0.327 e. The maximum absolute atomic E-state index is 14.4. The number of methoxy groups -OCH3 is 2. The molecular formula is C39H52N4O6S. The Kier molecular flexibility index (Phi) is 10.0. The predicted octanol–water partition coefficient (Wildman–Crippen LogP) is 6.11. The molecule has 10 nitrogen and oxygen atoms in total. The van der Waals surface area contributed by atoms with Gasteiger partial charge in [-0.3, -0.25) is 9.52 Å². The highest BCUT2D eigenvalue weighted by Gasteiger charge is 2.44. The van der Waals surface area contributed by atoms with Crippen LogP contribution < -0.4 is 19.7 Å². The standard InChI is InChI=1S/C39H52N4O6S/c1-25-10-14-33-27(17-25)8-6-16-39(33)23-43-21-29-11-13-32(29)35(48-4)9-5-7-26(2)22-50(46,42-38(45)40-30-19-31(20-30)47-3)41-37(44)28-12-15-36(49-24-39)34(43)18-28/h5,9-10,12,14-15,17-18,26,29-32,35H,6-8,11,13,16,19-24H2,1-4H3,(H2,40,41,42,44,45,46)/b9-5+/t26-,29-,30-,31+,32+,35-,39-,50-/m0/s1. The van der Waals surface area contributed by atoms with E-state index < -0.39 is 21.9 Å². The number of rotatable bonds is 4. The molecular weight excluding hydrogens is 653 g/mol. The third-order valence-electron chi connectivity index (χ3n) is 11.7. The molecule has 3 aliphatic carbocycles. The van der Waals surface area contributed by atoms with E-state index >= 15 is 0 Å². The summed E-state index contributed by atoms with van der Waals surface area (Å²) in [5.41, 5.74) is 5.02. The summed E-state index contributed by atoms with van der Waals surface area (Å²) >= 11 is 0. The monoisotopic (exact) mass is 704 g/mol. The van der Waals surface area contributed by atoms with Crippen LogP contribution in [0.3, 0.4) is 0 Å². The van der Waals surface area contributed by atoms with Gasteiger partial charge in [-0.05, 0) is 105 Å². The van der Waals surface area contributed by atoms with E-state index in [9.17, 15) is 13.8 Å². The minimum absolute atomic E-state index is 0.0341. The molecule has 7 rings (SSSR count). The summed E-state index contributed by atoms with van der Waals surface area (Å²) < 4.78 is 39.4. The van der Waals surface area contributed by atoms with Gasteiger partial charge in [0.25, 0.3) is 5.91 Å². The van der Waals surface area contributed by atoms with E-state index in [1.807, 2.05) is 19.1 Å². The van der Waals surface area contributed by atoms with Gasteiger partial charge in [-0.1, -0.05) is 42.8 Å². The Morgan fingerprint density at radius 1 is 1.12 bits per heavy atom. The van der Waals surface area contributed by atoms with E-state index in [0.29, 0.717) is 43.3 Å². The molecule has 2 saturated carbocycles. The van der Waals surface area contributed by atoms with Crippen molar-refractivity contribution in [3.63, 3.8) is 0 Å². The van der Waals surface area contributed by atoms with Crippen LogP contribution in [0, 0.1) is 24.7 Å². The number of allylic oxidation sites excluding steroid dienone is 1. The lowest BCUT2D eigenvalue weighted by molar-refractivity contribution is 0.0131. The highest BCUT2D eigenvalue weighted by atomic mass is 32.2. The predicted molar refractivity (Wildman–Crippen MR) is 195 cm³/mol. The number of nitrogens with one attached hydrogen (secondary N) is 2. The lowest BCUT2D eigenvalue weighted by atomic mass is 9.68. The maximum atomic E-state index is 14.4. The summed E-state index contributed by atoms with van der Waals surface area (Å²) in [7, 11) is -0.0404. The van der Waals surface area contributed by atoms with E-state index in [1.54, 1.807) is 20.3 Å². The first kappa shape index (κ1) is 35.0. The number of fused-ring (bicyclic) bond motifs is 4. The summed E-state index contributed by atoms with van der Waals surface area (Å²) in [6.45, 7) is 6.25. The molecule has 6 atom stereocenters. The molecule has 2 N–H and O–H groups in total. The van der Waals surface area contributed by atoms with Crippen LogP contribution in [0.2, 0.25) is 0 Å². The molecule has 50 heavy (non-hydrogen) atoms. The number of carbonyl (C=O) groups excluding carboxylic acids is 2. The van der Waals surface area contributed by atoms with Crippen LogP contribution in [0.15, 0.2) is 52.9 Å². The second-order valence-corrected chi connectivity index (χ2v) is 17.4. The van der Waals surface area contributed by atoms with Crippen molar-refractivity contribution in [3.8, 4) is 5.75 Å². The van der Waals surface area contributed by atoms with Crippen molar-refractivity contribution in [3.05, 3.63) is 70.8 Å². The molecule has 2 heterocycles. The van der Waals surface area contributed by atoms with Crippen molar-refractivity contribution in [2.75, 3.05) is 44.6 Å². The van der Waals surface area contributed by atoms with E-state index in [4.69, 9.17) is 14.2 Å². The SMILES string of the molecule is CO[C@H]1/C=C/C[C@H](C)C[S@@](=O)(NC(=O)N[C@H]2C[C@@H](OC)C2)=NC(=O)c2ccc3c(c2)N(C[C@@H]2CC[C@H]21)C[C@@]1(CCCc2cc(C)ccc21)CO3. The largest absolute Gasteiger partial charge is 0.490 e. The Balaban J connectivity index is 1.26. The van der Waals surface area contributed by atoms with Gasteiger partial charge in [0.15, 0.2) is 0 Å². The zero-order chi connectivity index (χ0) is 35.0. The minimum atomic E-state index is -3.47. The normalized spacial score (nSPS) is 34.4. The summed E-state index contributed by atoms with van der Waals surface area (Å²) in [5, 5.41) is 2.88. The Morgan fingerprint density at radius 2 is 1.96 bits per heavy atom. The number of amides is 3. The molecule has 270 valence electrons. The summed E-state index contributed by atoms with van der Waals surface area (Å²) in [6.07, 6.45) is 11.7. The fraction of sp³-hybridized carbons (Fsp3) is 0.590. The first-order chi connectivity index (χ1) is 24.1. The van der Waals surface area contributed by atoms with Crippen LogP contribution in [0.4, 0.5) is 10.5 Å². The second-order valence-electron chi connectivity index (χ2n) is 15.4. The van der Waals surface area contributed by atoms with E-state index in [0.717, 1.165) is 56.6 Å².